The van der Waals surface area contributed by atoms with E-state index >= 15 is 0 Å². The molecule has 8 nitrogen and oxygen atoms in total. The molecule has 2 N–H and O–H groups in total. The Hall–Kier alpha value is -3.20. The summed E-state index contributed by atoms with van der Waals surface area (Å²) in [5, 5.41) is 6.26. The van der Waals surface area contributed by atoms with Gasteiger partial charge in [0.2, 0.25) is 0 Å². The number of aryl methyl sites for hydroxylation is 1. The molecule has 0 spiro atoms. The molecule has 0 aromatic heterocycles. The molecule has 146 valence electrons. The smallest absolute Gasteiger partial charge is 0.339 e. The van der Waals surface area contributed by atoms with Crippen LogP contribution in [0.1, 0.15) is 24.0 Å². The fourth-order valence-corrected chi connectivity index (χ4v) is 3.11. The van der Waals surface area contributed by atoms with E-state index in [9.17, 15) is 18.0 Å². The van der Waals surface area contributed by atoms with Crippen LogP contribution < -0.4 is 14.9 Å². The highest BCUT2D eigenvalue weighted by atomic mass is 32.2. The van der Waals surface area contributed by atoms with Gasteiger partial charge in [-0.25, -0.2) is 5.43 Å². The summed E-state index contributed by atoms with van der Waals surface area (Å²) in [6.07, 6.45) is 3.10. The van der Waals surface area contributed by atoms with E-state index in [4.69, 9.17) is 4.18 Å². The van der Waals surface area contributed by atoms with E-state index in [0.717, 1.165) is 18.4 Å². The number of hydrogen-bond donors (Lipinski definition) is 2. The third kappa shape index (κ3) is 5.40. The number of carbonyl (C=O) groups is 2. The molecule has 1 aliphatic rings. The first-order valence-corrected chi connectivity index (χ1v) is 9.99. The maximum absolute atomic E-state index is 12.3. The van der Waals surface area contributed by atoms with Crippen LogP contribution in [0.3, 0.4) is 0 Å². The van der Waals surface area contributed by atoms with Crippen LogP contribution in [0.15, 0.2) is 58.5 Å². The number of carbonyl (C=O) groups excluding carboxylic acids is 2. The summed E-state index contributed by atoms with van der Waals surface area (Å²) < 4.78 is 29.6. The summed E-state index contributed by atoms with van der Waals surface area (Å²) in [4.78, 5) is 23.1. The number of amides is 2. The Morgan fingerprint density at radius 2 is 1.68 bits per heavy atom. The summed E-state index contributed by atoms with van der Waals surface area (Å²) >= 11 is 0. The molecule has 1 saturated carbocycles. The zero-order valence-corrected chi connectivity index (χ0v) is 15.9. The van der Waals surface area contributed by atoms with Gasteiger partial charge in [0.05, 0.1) is 6.21 Å². The fourth-order valence-electron chi connectivity index (χ4n) is 2.18. The van der Waals surface area contributed by atoms with E-state index in [-0.39, 0.29) is 16.7 Å². The average molecular weight is 401 g/mol. The van der Waals surface area contributed by atoms with Crippen molar-refractivity contribution in [3.63, 3.8) is 0 Å². The van der Waals surface area contributed by atoms with Gasteiger partial charge in [-0.15, -0.1) is 0 Å². The lowest BCUT2D eigenvalue weighted by molar-refractivity contribution is -0.139. The minimum absolute atomic E-state index is 0.0657. The Kier molecular flexibility index (Phi) is 5.74. The van der Waals surface area contributed by atoms with Crippen LogP contribution in [0, 0.1) is 6.92 Å². The highest BCUT2D eigenvalue weighted by molar-refractivity contribution is 7.87. The molecule has 1 fully saturated rings. The predicted molar refractivity (Wildman–Crippen MR) is 102 cm³/mol. The lowest BCUT2D eigenvalue weighted by atomic mass is 10.2. The Balaban J connectivity index is 1.56. The SMILES string of the molecule is Cc1ccc(S(=O)(=O)Oc2ccc(/C=N\NC(=O)C(=O)NC3CC3)cc2)cc1. The van der Waals surface area contributed by atoms with Gasteiger partial charge < -0.3 is 9.50 Å². The molecule has 2 aromatic rings. The van der Waals surface area contributed by atoms with Crippen molar-refractivity contribution in [2.75, 3.05) is 0 Å². The Morgan fingerprint density at radius 1 is 1.04 bits per heavy atom. The molecular formula is C19H19N3O5S. The van der Waals surface area contributed by atoms with Crippen LogP contribution in [-0.4, -0.2) is 32.5 Å². The molecule has 0 atom stereocenters. The second-order valence-corrected chi connectivity index (χ2v) is 7.91. The van der Waals surface area contributed by atoms with Crippen molar-refractivity contribution in [3.05, 3.63) is 59.7 Å². The maximum atomic E-state index is 12.3. The van der Waals surface area contributed by atoms with E-state index in [1.54, 1.807) is 24.3 Å². The molecular weight excluding hydrogens is 382 g/mol. The lowest BCUT2D eigenvalue weighted by Crippen LogP contribution is -2.38. The van der Waals surface area contributed by atoms with Gasteiger partial charge in [-0.05, 0) is 61.7 Å². The number of benzene rings is 2. The number of hydrogen-bond acceptors (Lipinski definition) is 6. The van der Waals surface area contributed by atoms with Gasteiger partial charge in [0.15, 0.2) is 0 Å². The molecule has 0 aliphatic heterocycles. The Labute approximate surface area is 162 Å². The molecule has 28 heavy (non-hydrogen) atoms. The van der Waals surface area contributed by atoms with Crippen molar-refractivity contribution in [2.45, 2.75) is 30.7 Å². The van der Waals surface area contributed by atoms with Crippen LogP contribution >= 0.6 is 0 Å². The second-order valence-electron chi connectivity index (χ2n) is 6.37. The number of hydrazone groups is 1. The van der Waals surface area contributed by atoms with E-state index in [0.29, 0.717) is 5.56 Å². The van der Waals surface area contributed by atoms with Gasteiger partial charge >= 0.3 is 21.9 Å². The van der Waals surface area contributed by atoms with Gasteiger partial charge in [-0.3, -0.25) is 9.59 Å². The van der Waals surface area contributed by atoms with Crippen LogP contribution in [0.2, 0.25) is 0 Å². The van der Waals surface area contributed by atoms with Crippen molar-refractivity contribution in [2.24, 2.45) is 5.10 Å². The Bertz CT molecular complexity index is 995. The quantitative estimate of drug-likeness (QED) is 0.329. The molecule has 0 bridgehead atoms. The minimum Gasteiger partial charge on any atom is -0.379 e. The van der Waals surface area contributed by atoms with E-state index in [1.807, 2.05) is 6.92 Å². The minimum atomic E-state index is -3.92. The molecule has 9 heteroatoms. The average Bonchev–Trinajstić information content (AvgIpc) is 3.47. The van der Waals surface area contributed by atoms with E-state index < -0.39 is 21.9 Å². The molecule has 3 rings (SSSR count). The van der Waals surface area contributed by atoms with Gasteiger partial charge in [0.25, 0.3) is 0 Å². The van der Waals surface area contributed by atoms with Gasteiger partial charge in [0.1, 0.15) is 10.6 Å². The van der Waals surface area contributed by atoms with E-state index in [1.165, 1.54) is 30.5 Å². The lowest BCUT2D eigenvalue weighted by Gasteiger charge is -2.07. The fraction of sp³-hybridized carbons (Fsp3) is 0.211. The van der Waals surface area contributed by atoms with Gasteiger partial charge in [0, 0.05) is 6.04 Å². The predicted octanol–water partition coefficient (Wildman–Crippen LogP) is 1.49. The first-order valence-electron chi connectivity index (χ1n) is 8.58. The number of nitrogens with one attached hydrogen (secondary N) is 2. The molecule has 0 saturated heterocycles. The zero-order chi connectivity index (χ0) is 20.1. The normalized spacial score (nSPS) is 13.9. The monoisotopic (exact) mass is 401 g/mol. The summed E-state index contributed by atoms with van der Waals surface area (Å²) in [6.45, 7) is 1.86. The molecule has 0 unspecified atom stereocenters. The molecule has 2 aromatic carbocycles. The molecule has 0 heterocycles. The topological polar surface area (TPSA) is 114 Å². The van der Waals surface area contributed by atoms with Gasteiger partial charge in [-0.1, -0.05) is 17.7 Å². The van der Waals surface area contributed by atoms with Crippen LogP contribution in [0.5, 0.6) is 5.75 Å². The number of nitrogens with zero attached hydrogens (tertiary/aromatic N) is 1. The highest BCUT2D eigenvalue weighted by Gasteiger charge is 2.26. The molecule has 2 amide bonds. The summed E-state index contributed by atoms with van der Waals surface area (Å²) in [5.41, 5.74) is 3.66. The molecule has 0 radical (unpaired) electrons. The van der Waals surface area contributed by atoms with Crippen LogP contribution in [0.4, 0.5) is 0 Å². The second kappa shape index (κ2) is 8.22. The molecule has 1 aliphatic carbocycles. The summed E-state index contributed by atoms with van der Waals surface area (Å²) in [6, 6.07) is 12.5. The zero-order valence-electron chi connectivity index (χ0n) is 15.1. The highest BCUT2D eigenvalue weighted by Crippen LogP contribution is 2.19. The summed E-state index contributed by atoms with van der Waals surface area (Å²) in [5.74, 6) is -1.41. The Morgan fingerprint density at radius 3 is 2.29 bits per heavy atom. The van der Waals surface area contributed by atoms with Crippen LogP contribution in [-0.2, 0) is 19.7 Å². The largest absolute Gasteiger partial charge is 0.379 e. The van der Waals surface area contributed by atoms with Crippen molar-refractivity contribution in [3.8, 4) is 5.75 Å². The standard InChI is InChI=1S/C19H19N3O5S/c1-13-2-10-17(11-3-13)28(25,26)27-16-8-4-14(5-9-16)12-20-22-19(24)18(23)21-15-6-7-15/h2-5,8-12,15H,6-7H2,1H3,(H,21,23)(H,22,24)/b20-12-. The van der Waals surface area contributed by atoms with Crippen molar-refractivity contribution in [1.82, 2.24) is 10.7 Å². The third-order valence-electron chi connectivity index (χ3n) is 3.89. The van der Waals surface area contributed by atoms with Crippen molar-refractivity contribution < 1.29 is 22.2 Å². The maximum Gasteiger partial charge on any atom is 0.339 e. The van der Waals surface area contributed by atoms with Gasteiger partial charge in [-0.2, -0.15) is 13.5 Å². The van der Waals surface area contributed by atoms with E-state index in [2.05, 4.69) is 15.8 Å². The number of rotatable bonds is 6. The first-order chi connectivity index (χ1) is 13.3. The van der Waals surface area contributed by atoms with Crippen molar-refractivity contribution >= 4 is 28.1 Å². The first kappa shape index (κ1) is 19.6. The summed E-state index contributed by atoms with van der Waals surface area (Å²) in [7, 11) is -3.92. The van der Waals surface area contributed by atoms with Crippen molar-refractivity contribution in [1.29, 1.82) is 0 Å². The third-order valence-corrected chi connectivity index (χ3v) is 5.16. The van der Waals surface area contributed by atoms with Crippen LogP contribution in [0.25, 0.3) is 0 Å².